The predicted molar refractivity (Wildman–Crippen MR) is 160 cm³/mol. The van der Waals surface area contributed by atoms with E-state index < -0.39 is 60.2 Å². The van der Waals surface area contributed by atoms with E-state index >= 15 is 0 Å². The minimum Gasteiger partial charge on any atom is -0.480 e. The minimum absolute atomic E-state index is 0.0377. The first-order valence-electron chi connectivity index (χ1n) is 13.3. The summed E-state index contributed by atoms with van der Waals surface area (Å²) in [6.07, 6.45) is 3.44. The summed E-state index contributed by atoms with van der Waals surface area (Å²) in [5.41, 5.74) is 13.3. The smallest absolute Gasteiger partial charge is 0.326 e. The van der Waals surface area contributed by atoms with Gasteiger partial charge in [-0.15, -0.1) is 0 Å². The predicted octanol–water partition coefficient (Wildman–Crippen LogP) is 0.448. The summed E-state index contributed by atoms with van der Waals surface area (Å²) in [6.45, 7) is 0. The normalized spacial score (nSPS) is 13.9. The third-order valence-corrected chi connectivity index (χ3v) is 7.27. The van der Waals surface area contributed by atoms with Crippen molar-refractivity contribution in [1.82, 2.24) is 20.9 Å². The van der Waals surface area contributed by atoms with Gasteiger partial charge in [0, 0.05) is 29.9 Å². The molecule has 0 aliphatic heterocycles. The molecule has 224 valence electrons. The molecule has 0 aliphatic carbocycles. The number of aromatic nitrogens is 1. The molecule has 4 amide bonds. The van der Waals surface area contributed by atoms with Crippen LogP contribution in [0.1, 0.15) is 24.0 Å². The number of hydrogen-bond donors (Lipinski definition) is 7. The molecule has 1 aromatic heterocycles. The summed E-state index contributed by atoms with van der Waals surface area (Å²) < 4.78 is 0. The van der Waals surface area contributed by atoms with Gasteiger partial charge in [-0.05, 0) is 35.6 Å². The van der Waals surface area contributed by atoms with Crippen LogP contribution in [0.25, 0.3) is 10.9 Å². The Balaban J connectivity index is 1.88. The highest BCUT2D eigenvalue weighted by atomic mass is 32.2. The van der Waals surface area contributed by atoms with Crippen molar-refractivity contribution in [2.75, 3.05) is 12.0 Å². The average molecular weight is 597 g/mol. The van der Waals surface area contributed by atoms with Crippen molar-refractivity contribution in [2.45, 2.75) is 49.9 Å². The number of fused-ring (bicyclic) bond motifs is 1. The van der Waals surface area contributed by atoms with Crippen LogP contribution in [-0.4, -0.2) is 75.9 Å². The van der Waals surface area contributed by atoms with Crippen LogP contribution < -0.4 is 27.4 Å². The lowest BCUT2D eigenvalue weighted by atomic mass is 10.0. The van der Waals surface area contributed by atoms with E-state index in [1.165, 1.54) is 11.8 Å². The second-order valence-electron chi connectivity index (χ2n) is 9.83. The number of hydrogen-bond acceptors (Lipinski definition) is 7. The van der Waals surface area contributed by atoms with E-state index in [4.69, 9.17) is 11.5 Å². The molecule has 12 nitrogen and oxygen atoms in total. The molecule has 0 fully saturated rings. The maximum absolute atomic E-state index is 13.7. The number of carbonyl (C=O) groups is 5. The monoisotopic (exact) mass is 596 g/mol. The summed E-state index contributed by atoms with van der Waals surface area (Å²) >= 11 is 1.45. The van der Waals surface area contributed by atoms with Gasteiger partial charge >= 0.3 is 5.97 Å². The quantitative estimate of drug-likeness (QED) is 0.123. The zero-order valence-electron chi connectivity index (χ0n) is 23.2. The molecule has 0 bridgehead atoms. The molecule has 0 saturated carbocycles. The van der Waals surface area contributed by atoms with Gasteiger partial charge < -0.3 is 37.5 Å². The Morgan fingerprint density at radius 3 is 2.10 bits per heavy atom. The Morgan fingerprint density at radius 1 is 0.857 bits per heavy atom. The molecule has 42 heavy (non-hydrogen) atoms. The maximum Gasteiger partial charge on any atom is 0.326 e. The van der Waals surface area contributed by atoms with E-state index in [0.29, 0.717) is 5.75 Å². The summed E-state index contributed by atoms with van der Waals surface area (Å²) in [5, 5.41) is 18.3. The first kappa shape index (κ1) is 32.2. The molecule has 0 spiro atoms. The number of nitrogens with one attached hydrogen (secondary N) is 4. The van der Waals surface area contributed by atoms with Crippen LogP contribution in [-0.2, 0) is 36.8 Å². The fourth-order valence-electron chi connectivity index (χ4n) is 4.41. The minimum atomic E-state index is -1.28. The van der Waals surface area contributed by atoms with Gasteiger partial charge in [-0.25, -0.2) is 4.79 Å². The molecule has 0 radical (unpaired) electrons. The van der Waals surface area contributed by atoms with Gasteiger partial charge in [0.05, 0.1) is 12.5 Å². The Labute approximate surface area is 247 Å². The third-order valence-electron chi connectivity index (χ3n) is 6.63. The van der Waals surface area contributed by atoms with Crippen molar-refractivity contribution in [3.05, 3.63) is 71.9 Å². The highest BCUT2D eigenvalue weighted by Gasteiger charge is 2.31. The molecule has 13 heteroatoms. The fraction of sp³-hybridized carbons (Fsp3) is 0.345. The highest BCUT2D eigenvalue weighted by Crippen LogP contribution is 2.19. The number of primary amides is 1. The molecule has 3 rings (SSSR count). The molecule has 3 aromatic rings. The van der Waals surface area contributed by atoms with E-state index in [9.17, 15) is 29.1 Å². The molecular formula is C29H36N6O6S. The lowest BCUT2D eigenvalue weighted by Gasteiger charge is -2.25. The Kier molecular flexibility index (Phi) is 11.9. The molecule has 0 saturated heterocycles. The number of thioether (sulfide) groups is 1. The molecule has 4 unspecified atom stereocenters. The number of nitrogens with two attached hydrogens (primary N) is 2. The van der Waals surface area contributed by atoms with Crippen molar-refractivity contribution in [2.24, 2.45) is 11.5 Å². The maximum atomic E-state index is 13.7. The number of benzene rings is 2. The van der Waals surface area contributed by atoms with Gasteiger partial charge in [-0.2, -0.15) is 11.8 Å². The molecule has 1 heterocycles. The van der Waals surface area contributed by atoms with Crippen molar-refractivity contribution in [1.29, 1.82) is 0 Å². The van der Waals surface area contributed by atoms with Crippen molar-refractivity contribution in [3.8, 4) is 0 Å². The summed E-state index contributed by atoms with van der Waals surface area (Å²) in [7, 11) is 0. The van der Waals surface area contributed by atoms with Gasteiger partial charge in [-0.1, -0.05) is 48.5 Å². The number of amides is 4. The van der Waals surface area contributed by atoms with Crippen LogP contribution >= 0.6 is 11.8 Å². The molecule has 0 aliphatic rings. The van der Waals surface area contributed by atoms with Gasteiger partial charge in [0.1, 0.15) is 18.1 Å². The highest BCUT2D eigenvalue weighted by molar-refractivity contribution is 7.98. The molecule has 2 aromatic carbocycles. The average Bonchev–Trinajstić information content (AvgIpc) is 3.37. The molecule has 4 atom stereocenters. The van der Waals surface area contributed by atoms with Crippen molar-refractivity contribution < 1.29 is 29.1 Å². The number of rotatable bonds is 16. The van der Waals surface area contributed by atoms with E-state index in [1.54, 1.807) is 30.5 Å². The van der Waals surface area contributed by atoms with Gasteiger partial charge in [-0.3, -0.25) is 19.2 Å². The zero-order chi connectivity index (χ0) is 30.6. The number of carbonyl (C=O) groups excluding carboxylic acids is 4. The van der Waals surface area contributed by atoms with E-state index in [0.717, 1.165) is 22.0 Å². The standard InChI is InChI=1S/C29H36N6O6S/c1-42-12-11-22(29(40)41)33-27(38)23(13-17-7-3-2-4-8-17)35-28(39)24(34-26(37)20(30)15-25(31)36)14-18-16-32-21-10-6-5-9-19(18)21/h2-10,16,20,22-24,32H,11-15,30H2,1H3,(H2,31,36)(H,33,38)(H,34,37)(H,35,39)(H,40,41). The van der Waals surface area contributed by atoms with Crippen LogP contribution in [0.15, 0.2) is 60.8 Å². The topological polar surface area (TPSA) is 210 Å². The molecule has 9 N–H and O–H groups in total. The number of H-pyrrole nitrogens is 1. The Bertz CT molecular complexity index is 1400. The third kappa shape index (κ3) is 9.35. The summed E-state index contributed by atoms with van der Waals surface area (Å²) in [5.74, 6) is -3.58. The Hall–Kier alpha value is -4.36. The van der Waals surface area contributed by atoms with Crippen LogP contribution in [0.2, 0.25) is 0 Å². The van der Waals surface area contributed by atoms with Gasteiger partial charge in [0.2, 0.25) is 23.6 Å². The lowest BCUT2D eigenvalue weighted by Crippen LogP contribution is -2.58. The second-order valence-corrected chi connectivity index (χ2v) is 10.8. The van der Waals surface area contributed by atoms with Gasteiger partial charge in [0.25, 0.3) is 0 Å². The number of para-hydroxylation sites is 1. The number of carboxylic acid groups (broad SMARTS) is 1. The SMILES string of the molecule is CSCCC(NC(=O)C(Cc1ccccc1)NC(=O)C(Cc1c[nH]c2ccccc12)NC(=O)C(N)CC(N)=O)C(=O)O. The van der Waals surface area contributed by atoms with Gasteiger partial charge in [0.15, 0.2) is 0 Å². The second kappa shape index (κ2) is 15.6. The Morgan fingerprint density at radius 2 is 1.45 bits per heavy atom. The number of aromatic amines is 1. The summed E-state index contributed by atoms with van der Waals surface area (Å²) in [4.78, 5) is 66.2. The van der Waals surface area contributed by atoms with Crippen LogP contribution in [0.5, 0.6) is 0 Å². The van der Waals surface area contributed by atoms with E-state index in [1.807, 2.05) is 36.6 Å². The van der Waals surface area contributed by atoms with Crippen LogP contribution in [0, 0.1) is 0 Å². The number of carboxylic acids is 1. The fourth-order valence-corrected chi connectivity index (χ4v) is 4.89. The van der Waals surface area contributed by atoms with E-state index in [2.05, 4.69) is 20.9 Å². The zero-order valence-corrected chi connectivity index (χ0v) is 24.0. The van der Waals surface area contributed by atoms with E-state index in [-0.39, 0.29) is 19.3 Å². The summed E-state index contributed by atoms with van der Waals surface area (Å²) in [6, 6.07) is 11.6. The largest absolute Gasteiger partial charge is 0.480 e. The lowest BCUT2D eigenvalue weighted by molar-refractivity contribution is -0.142. The molecular weight excluding hydrogens is 560 g/mol. The van der Waals surface area contributed by atoms with Crippen molar-refractivity contribution >= 4 is 52.3 Å². The van der Waals surface area contributed by atoms with Crippen molar-refractivity contribution in [3.63, 3.8) is 0 Å². The van der Waals surface area contributed by atoms with Crippen LogP contribution in [0.3, 0.4) is 0 Å². The first-order chi connectivity index (χ1) is 20.1. The van der Waals surface area contributed by atoms with Crippen LogP contribution in [0.4, 0.5) is 0 Å². The number of aliphatic carboxylic acids is 1. The first-order valence-corrected chi connectivity index (χ1v) is 14.7.